The Bertz CT molecular complexity index is 974. The van der Waals surface area contributed by atoms with Gasteiger partial charge in [0.15, 0.2) is 5.76 Å². The Morgan fingerprint density at radius 1 is 1.07 bits per heavy atom. The monoisotopic (exact) mass is 392 g/mol. The maximum Gasteiger partial charge on any atom is 0.254 e. The van der Waals surface area contributed by atoms with Crippen LogP contribution in [0.3, 0.4) is 0 Å². The molecular weight excluding hydrogens is 364 g/mol. The fraction of sp³-hybridized carbons (Fsp3) is 0.333. The van der Waals surface area contributed by atoms with Gasteiger partial charge in [-0.15, -0.1) is 0 Å². The average molecular weight is 392 g/mol. The van der Waals surface area contributed by atoms with Crippen molar-refractivity contribution in [3.63, 3.8) is 0 Å². The van der Waals surface area contributed by atoms with Crippen LogP contribution in [-0.4, -0.2) is 29.6 Å². The number of rotatable bonds is 7. The van der Waals surface area contributed by atoms with E-state index in [0.29, 0.717) is 30.3 Å². The lowest BCUT2D eigenvalue weighted by molar-refractivity contribution is 0.0718. The van der Waals surface area contributed by atoms with E-state index in [-0.39, 0.29) is 5.91 Å². The van der Waals surface area contributed by atoms with Crippen molar-refractivity contribution in [2.75, 3.05) is 13.7 Å². The molecule has 0 spiro atoms. The first-order valence-corrected chi connectivity index (χ1v) is 9.84. The van der Waals surface area contributed by atoms with Gasteiger partial charge in [0.25, 0.3) is 5.91 Å². The Labute approximate surface area is 172 Å². The van der Waals surface area contributed by atoms with Gasteiger partial charge in [-0.25, -0.2) is 0 Å². The number of carbonyl (C=O) groups excluding carboxylic acids is 1. The molecule has 0 aliphatic carbocycles. The molecule has 5 heteroatoms. The van der Waals surface area contributed by atoms with Gasteiger partial charge in [0.05, 0.1) is 13.7 Å². The minimum atomic E-state index is -0.0305. The van der Waals surface area contributed by atoms with Crippen LogP contribution in [0.5, 0.6) is 5.75 Å². The molecule has 2 aromatic carbocycles. The molecule has 0 bridgehead atoms. The topological polar surface area (TPSA) is 55.6 Å². The predicted molar refractivity (Wildman–Crippen MR) is 114 cm³/mol. The summed E-state index contributed by atoms with van der Waals surface area (Å²) in [4.78, 5) is 14.9. The molecule has 0 radical (unpaired) electrons. The van der Waals surface area contributed by atoms with Crippen molar-refractivity contribution in [2.45, 2.75) is 34.2 Å². The minimum Gasteiger partial charge on any atom is -0.497 e. The second-order valence-electron chi connectivity index (χ2n) is 7.79. The first-order chi connectivity index (χ1) is 13.9. The number of nitrogens with zero attached hydrogens (tertiary/aromatic N) is 2. The summed E-state index contributed by atoms with van der Waals surface area (Å²) >= 11 is 0. The lowest BCUT2D eigenvalue weighted by atomic mass is 10.0. The number of carbonyl (C=O) groups is 1. The third-order valence-electron chi connectivity index (χ3n) is 4.91. The van der Waals surface area contributed by atoms with Crippen molar-refractivity contribution >= 4 is 5.91 Å². The summed E-state index contributed by atoms with van der Waals surface area (Å²) in [5.74, 6) is 1.75. The van der Waals surface area contributed by atoms with Crippen LogP contribution in [0.15, 0.2) is 53.1 Å². The zero-order chi connectivity index (χ0) is 21.0. The van der Waals surface area contributed by atoms with Gasteiger partial charge in [-0.2, -0.15) is 0 Å². The van der Waals surface area contributed by atoms with E-state index in [2.05, 4.69) is 45.0 Å². The molecule has 0 aliphatic rings. The molecule has 29 heavy (non-hydrogen) atoms. The maximum absolute atomic E-state index is 13.1. The van der Waals surface area contributed by atoms with Crippen molar-refractivity contribution in [3.05, 3.63) is 70.9 Å². The zero-order valence-electron chi connectivity index (χ0n) is 17.7. The highest BCUT2D eigenvalue weighted by atomic mass is 16.5. The number of hydrogen-bond donors (Lipinski definition) is 0. The average Bonchev–Trinajstić information content (AvgIpc) is 3.17. The fourth-order valence-corrected chi connectivity index (χ4v) is 3.19. The summed E-state index contributed by atoms with van der Waals surface area (Å²) in [5.41, 5.74) is 4.80. The van der Waals surface area contributed by atoms with E-state index < -0.39 is 0 Å². The fourth-order valence-electron chi connectivity index (χ4n) is 3.19. The third kappa shape index (κ3) is 5.05. The van der Waals surface area contributed by atoms with Crippen LogP contribution in [0.4, 0.5) is 0 Å². The maximum atomic E-state index is 13.1. The van der Waals surface area contributed by atoms with Gasteiger partial charge in [-0.05, 0) is 61.2 Å². The molecule has 5 nitrogen and oxygen atoms in total. The highest BCUT2D eigenvalue weighted by molar-refractivity contribution is 5.94. The van der Waals surface area contributed by atoms with Gasteiger partial charge < -0.3 is 14.2 Å². The Balaban J connectivity index is 1.80. The Kier molecular flexibility index (Phi) is 6.37. The van der Waals surface area contributed by atoms with Crippen LogP contribution in [0.25, 0.3) is 11.3 Å². The van der Waals surface area contributed by atoms with Crippen LogP contribution < -0.4 is 4.74 Å². The van der Waals surface area contributed by atoms with Gasteiger partial charge in [-0.1, -0.05) is 31.1 Å². The minimum absolute atomic E-state index is 0.0305. The number of aryl methyl sites for hydroxylation is 2. The first kappa shape index (κ1) is 20.6. The lowest BCUT2D eigenvalue weighted by Crippen LogP contribution is -2.33. The molecule has 0 unspecified atom stereocenters. The predicted octanol–water partition coefficient (Wildman–Crippen LogP) is 5.27. The van der Waals surface area contributed by atoms with Gasteiger partial charge in [-0.3, -0.25) is 4.79 Å². The van der Waals surface area contributed by atoms with E-state index >= 15 is 0 Å². The third-order valence-corrected chi connectivity index (χ3v) is 4.91. The van der Waals surface area contributed by atoms with Crippen LogP contribution in [0.2, 0.25) is 0 Å². The number of amides is 1. The molecular formula is C24H28N2O3. The Morgan fingerprint density at radius 2 is 1.79 bits per heavy atom. The van der Waals surface area contributed by atoms with E-state index in [1.807, 2.05) is 17.0 Å². The van der Waals surface area contributed by atoms with Crippen molar-refractivity contribution in [2.24, 2.45) is 5.92 Å². The number of ether oxygens (including phenoxy) is 1. The molecule has 3 aromatic rings. The zero-order valence-corrected chi connectivity index (χ0v) is 17.7. The molecule has 0 fully saturated rings. The van der Waals surface area contributed by atoms with Crippen molar-refractivity contribution < 1.29 is 14.1 Å². The summed E-state index contributed by atoms with van der Waals surface area (Å²) in [7, 11) is 1.61. The summed E-state index contributed by atoms with van der Waals surface area (Å²) in [6.07, 6.45) is 0. The van der Waals surface area contributed by atoms with E-state index in [1.165, 1.54) is 11.1 Å². The highest BCUT2D eigenvalue weighted by Gasteiger charge is 2.19. The van der Waals surface area contributed by atoms with Crippen molar-refractivity contribution in [1.82, 2.24) is 10.1 Å². The number of aromatic nitrogens is 1. The van der Waals surface area contributed by atoms with Crippen LogP contribution in [0, 0.1) is 19.8 Å². The summed E-state index contributed by atoms with van der Waals surface area (Å²) in [6, 6.07) is 15.3. The second-order valence-corrected chi connectivity index (χ2v) is 7.79. The summed E-state index contributed by atoms with van der Waals surface area (Å²) < 4.78 is 10.7. The smallest absolute Gasteiger partial charge is 0.254 e. The summed E-state index contributed by atoms with van der Waals surface area (Å²) in [6.45, 7) is 9.39. The van der Waals surface area contributed by atoms with E-state index in [4.69, 9.17) is 9.26 Å². The first-order valence-electron chi connectivity index (χ1n) is 9.84. The largest absolute Gasteiger partial charge is 0.497 e. The van der Waals surface area contributed by atoms with Crippen LogP contribution in [0.1, 0.15) is 41.0 Å². The number of methoxy groups -OCH3 is 1. The van der Waals surface area contributed by atoms with E-state index in [0.717, 1.165) is 17.0 Å². The van der Waals surface area contributed by atoms with E-state index in [1.54, 1.807) is 31.4 Å². The van der Waals surface area contributed by atoms with Gasteiger partial charge >= 0.3 is 0 Å². The molecule has 1 aromatic heterocycles. The van der Waals surface area contributed by atoms with Crippen molar-refractivity contribution in [3.8, 4) is 17.1 Å². The van der Waals surface area contributed by atoms with Crippen LogP contribution >= 0.6 is 0 Å². The molecule has 152 valence electrons. The molecule has 0 saturated heterocycles. The SMILES string of the molecule is COc1ccc(C(=O)N(Cc2cc(-c3ccc(C)c(C)c3)on2)CC(C)C)cc1. The number of hydrogen-bond acceptors (Lipinski definition) is 4. The molecule has 1 amide bonds. The highest BCUT2D eigenvalue weighted by Crippen LogP contribution is 2.24. The lowest BCUT2D eigenvalue weighted by Gasteiger charge is -2.23. The van der Waals surface area contributed by atoms with Gasteiger partial charge in [0.1, 0.15) is 11.4 Å². The van der Waals surface area contributed by atoms with Crippen LogP contribution in [-0.2, 0) is 6.54 Å². The van der Waals surface area contributed by atoms with Gasteiger partial charge in [0.2, 0.25) is 0 Å². The standard InChI is InChI=1S/C24H28N2O3/c1-16(2)14-26(24(27)19-8-10-22(28-5)11-9-19)15-21-13-23(29-25-21)20-7-6-17(3)18(4)12-20/h6-13,16H,14-15H2,1-5H3. The Morgan fingerprint density at radius 3 is 2.41 bits per heavy atom. The molecule has 0 N–H and O–H groups in total. The quantitative estimate of drug-likeness (QED) is 0.550. The molecule has 0 saturated carbocycles. The Hall–Kier alpha value is -3.08. The van der Waals surface area contributed by atoms with Crippen molar-refractivity contribution in [1.29, 1.82) is 0 Å². The van der Waals surface area contributed by atoms with Gasteiger partial charge in [0, 0.05) is 23.7 Å². The molecule has 0 aliphatic heterocycles. The second kappa shape index (κ2) is 8.95. The molecule has 3 rings (SSSR count). The number of benzene rings is 2. The summed E-state index contributed by atoms with van der Waals surface area (Å²) in [5, 5.41) is 4.21. The molecule has 0 atom stereocenters. The molecule has 1 heterocycles. The normalized spacial score (nSPS) is 11.0. The van der Waals surface area contributed by atoms with E-state index in [9.17, 15) is 4.79 Å².